The number of benzene rings is 1. The number of aryl methyl sites for hydroxylation is 1. The molecule has 0 aliphatic carbocycles. The Bertz CT molecular complexity index is 694. The first-order chi connectivity index (χ1) is 10.5. The van der Waals surface area contributed by atoms with Crippen LogP contribution in [0.5, 0.6) is 0 Å². The maximum Gasteiger partial charge on any atom is 0.269 e. The minimum Gasteiger partial charge on any atom is -0.357 e. The van der Waals surface area contributed by atoms with E-state index in [-0.39, 0.29) is 17.3 Å². The molecule has 114 valence electrons. The zero-order valence-corrected chi connectivity index (χ0v) is 12.6. The average Bonchev–Trinajstić information content (AvgIpc) is 2.91. The van der Waals surface area contributed by atoms with Gasteiger partial charge >= 0.3 is 0 Å². The van der Waals surface area contributed by atoms with Gasteiger partial charge in [-0.3, -0.25) is 14.9 Å². The van der Waals surface area contributed by atoms with Crippen molar-refractivity contribution in [2.24, 2.45) is 12.1 Å². The highest BCUT2D eigenvalue weighted by molar-refractivity contribution is 8.00. The zero-order valence-electron chi connectivity index (χ0n) is 11.8. The quantitative estimate of drug-likeness (QED) is 0.382. The minimum atomic E-state index is -0.459. The lowest BCUT2D eigenvalue weighted by Crippen LogP contribution is -2.19. The lowest BCUT2D eigenvalue weighted by atomic mass is 10.3. The van der Waals surface area contributed by atoms with Crippen molar-refractivity contribution in [2.75, 3.05) is 5.75 Å². The van der Waals surface area contributed by atoms with Gasteiger partial charge in [0.15, 0.2) is 0 Å². The van der Waals surface area contributed by atoms with Crippen LogP contribution in [0.25, 0.3) is 0 Å². The second kappa shape index (κ2) is 7.41. The molecule has 0 aliphatic heterocycles. The summed E-state index contributed by atoms with van der Waals surface area (Å²) in [5, 5.41) is 14.4. The van der Waals surface area contributed by atoms with Crippen LogP contribution in [0.1, 0.15) is 5.56 Å². The molecule has 0 bridgehead atoms. The van der Waals surface area contributed by atoms with Crippen LogP contribution in [0.3, 0.4) is 0 Å². The lowest BCUT2D eigenvalue weighted by molar-refractivity contribution is -0.384. The van der Waals surface area contributed by atoms with Crippen LogP contribution < -0.4 is 5.43 Å². The number of hydrogen-bond acceptors (Lipinski definition) is 5. The smallest absolute Gasteiger partial charge is 0.269 e. The SMILES string of the molecule is Cn1ccc(/C=N\NC(=O)CSc2ccc([N+](=O)[O-])cc2)c1. The van der Waals surface area contributed by atoms with E-state index in [0.717, 1.165) is 10.5 Å². The summed E-state index contributed by atoms with van der Waals surface area (Å²) < 4.78 is 1.88. The van der Waals surface area contributed by atoms with Crippen molar-refractivity contribution in [2.45, 2.75) is 4.90 Å². The first-order valence-electron chi connectivity index (χ1n) is 6.36. The fourth-order valence-corrected chi connectivity index (χ4v) is 2.32. The molecular weight excluding hydrogens is 304 g/mol. The second-order valence-corrected chi connectivity index (χ2v) is 5.49. The number of nitro groups is 1. The molecule has 2 rings (SSSR count). The summed E-state index contributed by atoms with van der Waals surface area (Å²) in [6.45, 7) is 0. The molecule has 7 nitrogen and oxygen atoms in total. The van der Waals surface area contributed by atoms with E-state index in [9.17, 15) is 14.9 Å². The number of aromatic nitrogens is 1. The number of nitrogens with one attached hydrogen (secondary N) is 1. The number of nitro benzene ring substituents is 1. The normalized spacial score (nSPS) is 10.8. The van der Waals surface area contributed by atoms with E-state index in [2.05, 4.69) is 10.5 Å². The summed E-state index contributed by atoms with van der Waals surface area (Å²) in [6, 6.07) is 7.93. The highest BCUT2D eigenvalue weighted by Crippen LogP contribution is 2.20. The number of amides is 1. The van der Waals surface area contributed by atoms with Gasteiger partial charge in [0.05, 0.1) is 16.9 Å². The molecule has 0 atom stereocenters. The number of nitrogens with zero attached hydrogens (tertiary/aromatic N) is 3. The molecule has 1 aromatic heterocycles. The number of hydrazone groups is 1. The summed E-state index contributed by atoms with van der Waals surface area (Å²) in [4.78, 5) is 22.5. The molecule has 1 amide bonds. The summed E-state index contributed by atoms with van der Waals surface area (Å²) in [5.41, 5.74) is 3.36. The van der Waals surface area contributed by atoms with Crippen molar-refractivity contribution in [3.63, 3.8) is 0 Å². The minimum absolute atomic E-state index is 0.0289. The zero-order chi connectivity index (χ0) is 15.9. The van der Waals surface area contributed by atoms with Crippen molar-refractivity contribution < 1.29 is 9.72 Å². The van der Waals surface area contributed by atoms with E-state index in [4.69, 9.17) is 0 Å². The molecule has 22 heavy (non-hydrogen) atoms. The van der Waals surface area contributed by atoms with Gasteiger partial charge in [0.2, 0.25) is 5.91 Å². The number of rotatable bonds is 6. The van der Waals surface area contributed by atoms with Crippen LogP contribution in [-0.2, 0) is 11.8 Å². The van der Waals surface area contributed by atoms with Gasteiger partial charge < -0.3 is 4.57 Å². The first-order valence-corrected chi connectivity index (χ1v) is 7.34. The van der Waals surface area contributed by atoms with Crippen molar-refractivity contribution in [1.82, 2.24) is 9.99 Å². The fourth-order valence-electron chi connectivity index (χ4n) is 1.63. The maximum absolute atomic E-state index is 11.6. The summed E-state index contributed by atoms with van der Waals surface area (Å²) in [6.07, 6.45) is 5.32. The van der Waals surface area contributed by atoms with Gasteiger partial charge in [-0.05, 0) is 18.2 Å². The summed E-state index contributed by atoms with van der Waals surface area (Å²) in [7, 11) is 1.90. The van der Waals surface area contributed by atoms with E-state index in [1.54, 1.807) is 18.3 Å². The molecular formula is C14H14N4O3S. The first kappa shape index (κ1) is 15.8. The predicted octanol–water partition coefficient (Wildman–Crippen LogP) is 2.18. The molecule has 0 radical (unpaired) electrons. The molecule has 0 unspecified atom stereocenters. The van der Waals surface area contributed by atoms with Gasteiger partial charge in [-0.2, -0.15) is 5.10 Å². The monoisotopic (exact) mass is 318 g/mol. The highest BCUT2D eigenvalue weighted by Gasteiger charge is 2.06. The third-order valence-corrected chi connectivity index (χ3v) is 3.69. The van der Waals surface area contributed by atoms with Crippen LogP contribution in [0.15, 0.2) is 52.7 Å². The lowest BCUT2D eigenvalue weighted by Gasteiger charge is -2.00. The van der Waals surface area contributed by atoms with E-state index in [0.29, 0.717) is 0 Å². The summed E-state index contributed by atoms with van der Waals surface area (Å²) >= 11 is 1.29. The van der Waals surface area contributed by atoms with E-state index >= 15 is 0 Å². The van der Waals surface area contributed by atoms with E-state index < -0.39 is 4.92 Å². The number of thioether (sulfide) groups is 1. The number of hydrogen-bond donors (Lipinski definition) is 1. The molecule has 8 heteroatoms. The van der Waals surface area contributed by atoms with Crippen molar-refractivity contribution in [1.29, 1.82) is 0 Å². The van der Waals surface area contributed by atoms with E-state index in [1.165, 1.54) is 23.9 Å². The Morgan fingerprint density at radius 3 is 2.73 bits per heavy atom. The molecule has 1 heterocycles. The molecule has 1 aromatic carbocycles. The Balaban J connectivity index is 1.77. The van der Waals surface area contributed by atoms with Crippen LogP contribution in [0, 0.1) is 10.1 Å². The predicted molar refractivity (Wildman–Crippen MR) is 85.0 cm³/mol. The van der Waals surface area contributed by atoms with Crippen molar-refractivity contribution >= 4 is 29.6 Å². The van der Waals surface area contributed by atoms with Crippen LogP contribution >= 0.6 is 11.8 Å². The largest absolute Gasteiger partial charge is 0.357 e. The molecule has 2 aromatic rings. The maximum atomic E-state index is 11.6. The van der Waals surface area contributed by atoms with Gasteiger partial charge in [-0.1, -0.05) is 0 Å². The Hall–Kier alpha value is -2.61. The van der Waals surface area contributed by atoms with Gasteiger partial charge in [-0.15, -0.1) is 11.8 Å². The highest BCUT2D eigenvalue weighted by atomic mass is 32.2. The van der Waals surface area contributed by atoms with Gasteiger partial charge in [0.25, 0.3) is 5.69 Å². The standard InChI is InChI=1S/C14H14N4O3S/c1-17-7-6-11(9-17)8-15-16-14(19)10-22-13-4-2-12(3-5-13)18(20)21/h2-9H,10H2,1H3,(H,16,19)/b15-8-. The topological polar surface area (TPSA) is 89.5 Å². The molecule has 1 N–H and O–H groups in total. The van der Waals surface area contributed by atoms with Crippen molar-refractivity contribution in [3.8, 4) is 0 Å². The van der Waals surface area contributed by atoms with Gasteiger partial charge in [-0.25, -0.2) is 5.43 Å². The van der Waals surface area contributed by atoms with Gasteiger partial charge in [0.1, 0.15) is 0 Å². The number of non-ortho nitro benzene ring substituents is 1. The molecule has 0 fully saturated rings. The fraction of sp³-hybridized carbons (Fsp3) is 0.143. The number of carbonyl (C=O) groups is 1. The third kappa shape index (κ3) is 4.74. The number of carbonyl (C=O) groups excluding carboxylic acids is 1. The Labute approximate surface area is 131 Å². The molecule has 0 saturated heterocycles. The second-order valence-electron chi connectivity index (χ2n) is 4.44. The van der Waals surface area contributed by atoms with Gasteiger partial charge in [0, 0.05) is 42.0 Å². The third-order valence-electron chi connectivity index (χ3n) is 2.68. The van der Waals surface area contributed by atoms with Crippen molar-refractivity contribution in [3.05, 3.63) is 58.4 Å². The molecule has 0 aliphatic rings. The van der Waals surface area contributed by atoms with Crippen LogP contribution in [0.2, 0.25) is 0 Å². The Kier molecular flexibility index (Phi) is 5.31. The average molecular weight is 318 g/mol. The van der Waals surface area contributed by atoms with Crippen LogP contribution in [0.4, 0.5) is 5.69 Å². The van der Waals surface area contributed by atoms with Crippen LogP contribution in [-0.4, -0.2) is 27.4 Å². The van der Waals surface area contributed by atoms with E-state index in [1.807, 2.05) is 30.1 Å². The Morgan fingerprint density at radius 2 is 2.14 bits per heavy atom. The Morgan fingerprint density at radius 1 is 1.41 bits per heavy atom. The summed E-state index contributed by atoms with van der Waals surface area (Å²) in [5.74, 6) is -0.0558. The molecule has 0 spiro atoms. The molecule has 0 saturated carbocycles.